The summed E-state index contributed by atoms with van der Waals surface area (Å²) in [5, 5.41) is 0. The Kier molecular flexibility index (Phi) is 4.40. The first kappa shape index (κ1) is 12.7. The molecule has 0 aliphatic heterocycles. The van der Waals surface area contributed by atoms with Crippen LogP contribution < -0.4 is 0 Å². The first-order valence-electron chi connectivity index (χ1n) is 6.37. The lowest BCUT2D eigenvalue weighted by atomic mass is 10.0. The maximum absolute atomic E-state index is 12.2. The van der Waals surface area contributed by atoms with Crippen molar-refractivity contribution < 1.29 is 9.21 Å². The van der Waals surface area contributed by atoms with E-state index >= 15 is 0 Å². The second-order valence-electron chi connectivity index (χ2n) is 4.61. The lowest BCUT2D eigenvalue weighted by Crippen LogP contribution is -2.31. The fourth-order valence-electron chi connectivity index (χ4n) is 2.22. The molecule has 0 spiro atoms. The predicted octanol–water partition coefficient (Wildman–Crippen LogP) is 3.15. The summed E-state index contributed by atoms with van der Waals surface area (Å²) < 4.78 is 5.29. The molecule has 2 rings (SSSR count). The Morgan fingerprint density at radius 1 is 1.61 bits per heavy atom. The first-order chi connectivity index (χ1) is 8.79. The second-order valence-corrected chi connectivity index (χ2v) is 4.61. The zero-order valence-electron chi connectivity index (χ0n) is 10.5. The van der Waals surface area contributed by atoms with Crippen molar-refractivity contribution in [3.63, 3.8) is 0 Å². The molecule has 0 bridgehead atoms. The van der Waals surface area contributed by atoms with Crippen LogP contribution in [0.2, 0.25) is 0 Å². The van der Waals surface area contributed by atoms with Crippen molar-refractivity contribution >= 4 is 5.91 Å². The van der Waals surface area contributed by atoms with Crippen LogP contribution in [0, 0.1) is 5.92 Å². The first-order valence-corrected chi connectivity index (χ1v) is 6.37. The molecule has 1 atom stereocenters. The van der Waals surface area contributed by atoms with E-state index in [1.807, 2.05) is 12.1 Å². The van der Waals surface area contributed by atoms with Gasteiger partial charge in [0.1, 0.15) is 5.76 Å². The van der Waals surface area contributed by atoms with Crippen LogP contribution in [-0.2, 0) is 11.3 Å². The average molecular weight is 245 g/mol. The van der Waals surface area contributed by atoms with Crippen molar-refractivity contribution in [2.45, 2.75) is 25.8 Å². The van der Waals surface area contributed by atoms with E-state index in [2.05, 4.69) is 18.7 Å². The number of hydrogen-bond acceptors (Lipinski definition) is 2. The van der Waals surface area contributed by atoms with Crippen molar-refractivity contribution in [2.75, 3.05) is 6.54 Å². The average Bonchev–Trinajstić information content (AvgIpc) is 3.01. The molecule has 0 saturated heterocycles. The van der Waals surface area contributed by atoms with Gasteiger partial charge in [-0.15, -0.1) is 6.58 Å². The van der Waals surface area contributed by atoms with Crippen LogP contribution in [0.5, 0.6) is 0 Å². The second kappa shape index (κ2) is 6.24. The largest absolute Gasteiger partial charge is 0.467 e. The number of amides is 1. The Balaban J connectivity index is 1.93. The van der Waals surface area contributed by atoms with Crippen LogP contribution in [0.25, 0.3) is 0 Å². The molecule has 0 unspecified atom stereocenters. The Morgan fingerprint density at radius 2 is 2.50 bits per heavy atom. The van der Waals surface area contributed by atoms with Gasteiger partial charge in [-0.2, -0.15) is 0 Å². The van der Waals surface area contributed by atoms with Gasteiger partial charge in [0.15, 0.2) is 0 Å². The molecular weight excluding hydrogens is 226 g/mol. The predicted molar refractivity (Wildman–Crippen MR) is 70.8 cm³/mol. The molecule has 1 aliphatic rings. The molecule has 3 nitrogen and oxygen atoms in total. The molecular formula is C15H19NO2. The number of carbonyl (C=O) groups excluding carboxylic acids is 1. The minimum absolute atomic E-state index is 0.169. The highest BCUT2D eigenvalue weighted by molar-refractivity contribution is 5.76. The third-order valence-corrected chi connectivity index (χ3v) is 3.18. The van der Waals surface area contributed by atoms with Gasteiger partial charge < -0.3 is 9.32 Å². The van der Waals surface area contributed by atoms with Crippen LogP contribution in [0.3, 0.4) is 0 Å². The van der Waals surface area contributed by atoms with Gasteiger partial charge in [0.2, 0.25) is 5.91 Å². The van der Waals surface area contributed by atoms with Gasteiger partial charge >= 0.3 is 0 Å². The Hall–Kier alpha value is -1.77. The van der Waals surface area contributed by atoms with Crippen LogP contribution in [-0.4, -0.2) is 17.4 Å². The maximum atomic E-state index is 12.2. The van der Waals surface area contributed by atoms with E-state index in [9.17, 15) is 4.79 Å². The number of rotatable bonds is 6. The molecule has 0 radical (unpaired) electrons. The fraction of sp³-hybridized carbons (Fsp3) is 0.400. The van der Waals surface area contributed by atoms with Gasteiger partial charge in [-0.3, -0.25) is 4.79 Å². The van der Waals surface area contributed by atoms with Gasteiger partial charge in [-0.1, -0.05) is 18.2 Å². The summed E-state index contributed by atoms with van der Waals surface area (Å²) >= 11 is 0. The number of allylic oxidation sites excluding steroid dienone is 2. The van der Waals surface area contributed by atoms with Gasteiger partial charge in [0, 0.05) is 13.0 Å². The van der Waals surface area contributed by atoms with E-state index in [1.54, 1.807) is 17.2 Å². The van der Waals surface area contributed by atoms with E-state index in [4.69, 9.17) is 4.42 Å². The number of hydrogen-bond donors (Lipinski definition) is 0. The van der Waals surface area contributed by atoms with Gasteiger partial charge in [-0.05, 0) is 30.9 Å². The molecule has 0 fully saturated rings. The van der Waals surface area contributed by atoms with Crippen molar-refractivity contribution in [1.29, 1.82) is 0 Å². The lowest BCUT2D eigenvalue weighted by Gasteiger charge is -2.21. The maximum Gasteiger partial charge on any atom is 0.223 e. The lowest BCUT2D eigenvalue weighted by molar-refractivity contribution is -0.132. The smallest absolute Gasteiger partial charge is 0.223 e. The Labute approximate surface area is 108 Å². The van der Waals surface area contributed by atoms with Crippen molar-refractivity contribution in [1.82, 2.24) is 4.90 Å². The van der Waals surface area contributed by atoms with Crippen LogP contribution in [0.15, 0.2) is 47.6 Å². The highest BCUT2D eigenvalue weighted by Crippen LogP contribution is 2.21. The summed E-state index contributed by atoms with van der Waals surface area (Å²) in [4.78, 5) is 14.0. The Morgan fingerprint density at radius 3 is 3.11 bits per heavy atom. The third-order valence-electron chi connectivity index (χ3n) is 3.18. The fourth-order valence-corrected chi connectivity index (χ4v) is 2.22. The molecule has 0 saturated carbocycles. The molecule has 1 amide bonds. The van der Waals surface area contributed by atoms with Crippen LogP contribution in [0.1, 0.15) is 25.0 Å². The topological polar surface area (TPSA) is 33.5 Å². The van der Waals surface area contributed by atoms with Gasteiger partial charge in [0.05, 0.1) is 12.8 Å². The summed E-state index contributed by atoms with van der Waals surface area (Å²) in [6, 6.07) is 3.73. The van der Waals surface area contributed by atoms with E-state index in [-0.39, 0.29) is 5.91 Å². The van der Waals surface area contributed by atoms with Crippen LogP contribution >= 0.6 is 0 Å². The number of nitrogens with zero attached hydrogens (tertiary/aromatic N) is 1. The van der Waals surface area contributed by atoms with E-state index in [1.165, 1.54) is 0 Å². The van der Waals surface area contributed by atoms with Crippen molar-refractivity contribution in [3.05, 3.63) is 49.0 Å². The molecule has 0 N–H and O–H groups in total. The minimum Gasteiger partial charge on any atom is -0.467 e. The summed E-state index contributed by atoms with van der Waals surface area (Å²) in [7, 11) is 0. The van der Waals surface area contributed by atoms with Crippen molar-refractivity contribution in [2.24, 2.45) is 5.92 Å². The van der Waals surface area contributed by atoms with Gasteiger partial charge in [0.25, 0.3) is 0 Å². The summed E-state index contributed by atoms with van der Waals surface area (Å²) in [5.74, 6) is 1.39. The summed E-state index contributed by atoms with van der Waals surface area (Å²) in [6.45, 7) is 4.79. The molecule has 18 heavy (non-hydrogen) atoms. The molecule has 1 heterocycles. The summed E-state index contributed by atoms with van der Waals surface area (Å²) in [6.07, 6.45) is 10.5. The zero-order chi connectivity index (χ0) is 12.8. The molecule has 3 heteroatoms. The molecule has 1 aromatic rings. The van der Waals surface area contributed by atoms with Crippen molar-refractivity contribution in [3.8, 4) is 0 Å². The van der Waals surface area contributed by atoms with E-state index in [0.717, 1.165) is 18.6 Å². The Bertz CT molecular complexity index is 420. The molecule has 1 aromatic heterocycles. The number of carbonyl (C=O) groups is 1. The normalized spacial score (nSPS) is 17.9. The highest BCUT2D eigenvalue weighted by Gasteiger charge is 2.19. The van der Waals surface area contributed by atoms with Gasteiger partial charge in [-0.25, -0.2) is 0 Å². The third kappa shape index (κ3) is 3.36. The quantitative estimate of drug-likeness (QED) is 0.721. The highest BCUT2D eigenvalue weighted by atomic mass is 16.3. The minimum atomic E-state index is 0.169. The molecule has 1 aliphatic carbocycles. The zero-order valence-corrected chi connectivity index (χ0v) is 10.5. The standard InChI is InChI=1S/C15H19NO2/c1-2-9-16(12-14-8-5-10-18-14)15(17)11-13-6-3-4-7-13/h2-3,5-6,8,10,13H,1,4,7,9,11-12H2/t13-/m0/s1. The molecule has 96 valence electrons. The van der Waals surface area contributed by atoms with E-state index < -0.39 is 0 Å². The SMILES string of the molecule is C=CCN(Cc1ccco1)C(=O)C[C@H]1C=CCC1. The molecule has 0 aromatic carbocycles. The number of furan rings is 1. The van der Waals surface area contributed by atoms with E-state index in [0.29, 0.717) is 25.4 Å². The van der Waals surface area contributed by atoms with Crippen LogP contribution in [0.4, 0.5) is 0 Å². The summed E-state index contributed by atoms with van der Waals surface area (Å²) in [5.41, 5.74) is 0. The monoisotopic (exact) mass is 245 g/mol.